The topological polar surface area (TPSA) is 67.9 Å². The van der Waals surface area contributed by atoms with Crippen LogP contribution in [-0.4, -0.2) is 27.3 Å². The minimum atomic E-state index is -4.75. The predicted molar refractivity (Wildman–Crippen MR) is 77.2 cm³/mol. The molecule has 1 aromatic carbocycles. The van der Waals surface area contributed by atoms with Crippen molar-refractivity contribution in [1.82, 2.24) is 15.2 Å². The first kappa shape index (κ1) is 15.5. The third-order valence-electron chi connectivity index (χ3n) is 3.08. The van der Waals surface area contributed by atoms with Crippen LogP contribution in [-0.2, 0) is 4.74 Å². The Morgan fingerprint density at radius 3 is 2.83 bits per heavy atom. The number of carbonyl (C=O) groups is 1. The Labute approximate surface area is 132 Å². The molecule has 3 rings (SSSR count). The lowest BCUT2D eigenvalue weighted by Gasteiger charge is -2.18. The second kappa shape index (κ2) is 5.65. The molecule has 0 radical (unpaired) electrons. The molecule has 5 nitrogen and oxygen atoms in total. The number of hydrogen-bond donors (Lipinski definition) is 1. The van der Waals surface area contributed by atoms with E-state index < -0.39 is 18.2 Å². The minimum absolute atomic E-state index is 0.0115. The average Bonchev–Trinajstić information content (AvgIpc) is 3.11. The molecule has 1 N–H and O–H groups in total. The standard InChI is InChI=1S/C14H10F3N3O2S/c1-7-6-23-12(19-7)11(14(15,16)17)22-13(21)9-4-2-3-8-5-18-20-10(8)9/h2-6,11H,1H3,(H,18,20)/t11-/m0/s1. The van der Waals surface area contributed by atoms with Crippen molar-refractivity contribution >= 4 is 28.2 Å². The van der Waals surface area contributed by atoms with Gasteiger partial charge in [-0.05, 0) is 13.0 Å². The van der Waals surface area contributed by atoms with Gasteiger partial charge in [0.15, 0.2) is 0 Å². The maximum atomic E-state index is 13.2. The van der Waals surface area contributed by atoms with Gasteiger partial charge in [-0.25, -0.2) is 9.78 Å². The maximum absolute atomic E-state index is 13.2. The van der Waals surface area contributed by atoms with Gasteiger partial charge in [-0.2, -0.15) is 18.3 Å². The van der Waals surface area contributed by atoms with E-state index in [1.165, 1.54) is 17.6 Å². The first-order chi connectivity index (χ1) is 10.9. The van der Waals surface area contributed by atoms with Crippen LogP contribution in [0.3, 0.4) is 0 Å². The summed E-state index contributed by atoms with van der Waals surface area (Å²) in [4.78, 5) is 16.0. The Kier molecular flexibility index (Phi) is 3.80. The van der Waals surface area contributed by atoms with E-state index in [2.05, 4.69) is 15.2 Å². The van der Waals surface area contributed by atoms with Crippen molar-refractivity contribution < 1.29 is 22.7 Å². The number of thiazole rings is 1. The smallest absolute Gasteiger partial charge is 0.432 e. The van der Waals surface area contributed by atoms with Crippen LogP contribution in [0.4, 0.5) is 13.2 Å². The summed E-state index contributed by atoms with van der Waals surface area (Å²) in [6.07, 6.45) is -5.67. The molecule has 0 saturated heterocycles. The molecule has 120 valence electrons. The number of hydrogen-bond acceptors (Lipinski definition) is 5. The zero-order valence-corrected chi connectivity index (χ0v) is 12.5. The lowest BCUT2D eigenvalue weighted by Crippen LogP contribution is -2.26. The molecular weight excluding hydrogens is 331 g/mol. The number of aromatic amines is 1. The summed E-state index contributed by atoms with van der Waals surface area (Å²) in [6.45, 7) is 1.57. The average molecular weight is 341 g/mol. The predicted octanol–water partition coefficient (Wildman–Crippen LogP) is 3.79. The molecular formula is C14H10F3N3O2S. The number of rotatable bonds is 3. The summed E-state index contributed by atoms with van der Waals surface area (Å²) >= 11 is 0.798. The second-order valence-corrected chi connectivity index (χ2v) is 5.68. The number of aromatic nitrogens is 3. The van der Waals surface area contributed by atoms with Gasteiger partial charge in [0.25, 0.3) is 0 Å². The molecule has 0 saturated carbocycles. The third-order valence-corrected chi connectivity index (χ3v) is 4.09. The van der Waals surface area contributed by atoms with Crippen LogP contribution in [0.15, 0.2) is 29.8 Å². The van der Waals surface area contributed by atoms with E-state index in [-0.39, 0.29) is 10.6 Å². The van der Waals surface area contributed by atoms with E-state index in [4.69, 9.17) is 4.74 Å². The fourth-order valence-corrected chi connectivity index (χ4v) is 2.91. The fraction of sp³-hybridized carbons (Fsp3) is 0.214. The van der Waals surface area contributed by atoms with Gasteiger partial charge in [0.1, 0.15) is 5.01 Å². The van der Waals surface area contributed by atoms with Crippen LogP contribution in [0, 0.1) is 6.92 Å². The number of nitrogens with zero attached hydrogens (tertiary/aromatic N) is 2. The molecule has 1 atom stereocenters. The van der Waals surface area contributed by atoms with Crippen molar-refractivity contribution in [2.45, 2.75) is 19.2 Å². The monoisotopic (exact) mass is 341 g/mol. The first-order valence-electron chi connectivity index (χ1n) is 6.48. The number of aryl methyl sites for hydroxylation is 1. The van der Waals surface area contributed by atoms with Crippen LogP contribution in [0.2, 0.25) is 0 Å². The molecule has 0 unspecified atom stereocenters. The quantitative estimate of drug-likeness (QED) is 0.736. The number of fused-ring (bicyclic) bond motifs is 1. The van der Waals surface area contributed by atoms with Gasteiger partial charge < -0.3 is 4.74 Å². The lowest BCUT2D eigenvalue weighted by molar-refractivity contribution is -0.207. The van der Waals surface area contributed by atoms with Gasteiger partial charge in [0, 0.05) is 16.5 Å². The van der Waals surface area contributed by atoms with E-state index in [0.717, 1.165) is 11.3 Å². The van der Waals surface area contributed by atoms with Gasteiger partial charge in [-0.1, -0.05) is 12.1 Å². The summed E-state index contributed by atoms with van der Waals surface area (Å²) in [5, 5.41) is 8.12. The number of halogens is 3. The highest BCUT2D eigenvalue weighted by Gasteiger charge is 2.46. The molecule has 0 aliphatic rings. The Hall–Kier alpha value is -2.42. The molecule has 23 heavy (non-hydrogen) atoms. The Balaban J connectivity index is 1.94. The molecule has 0 bridgehead atoms. The highest BCUT2D eigenvalue weighted by Crippen LogP contribution is 2.38. The van der Waals surface area contributed by atoms with Crippen LogP contribution in [0.5, 0.6) is 0 Å². The molecule has 2 heterocycles. The Morgan fingerprint density at radius 1 is 1.39 bits per heavy atom. The number of alkyl halides is 3. The van der Waals surface area contributed by atoms with Crippen LogP contribution in [0.25, 0.3) is 10.9 Å². The van der Waals surface area contributed by atoms with E-state index in [0.29, 0.717) is 16.6 Å². The molecule has 0 spiro atoms. The second-order valence-electron chi connectivity index (χ2n) is 4.79. The Bertz CT molecular complexity index is 856. The lowest BCUT2D eigenvalue weighted by atomic mass is 10.1. The van der Waals surface area contributed by atoms with Crippen LogP contribution in [0.1, 0.15) is 27.2 Å². The van der Waals surface area contributed by atoms with Crippen molar-refractivity contribution in [3.8, 4) is 0 Å². The normalized spacial score (nSPS) is 13.2. The first-order valence-corrected chi connectivity index (χ1v) is 7.36. The molecule has 3 aromatic rings. The fourth-order valence-electron chi connectivity index (χ4n) is 2.06. The molecule has 9 heteroatoms. The van der Waals surface area contributed by atoms with Gasteiger partial charge in [0.05, 0.1) is 17.3 Å². The van der Waals surface area contributed by atoms with Crippen molar-refractivity contribution in [1.29, 1.82) is 0 Å². The zero-order valence-electron chi connectivity index (χ0n) is 11.7. The van der Waals surface area contributed by atoms with Crippen molar-refractivity contribution in [2.24, 2.45) is 0 Å². The van der Waals surface area contributed by atoms with Gasteiger partial charge >= 0.3 is 12.1 Å². The number of carbonyl (C=O) groups excluding carboxylic acids is 1. The number of benzene rings is 1. The van der Waals surface area contributed by atoms with Crippen LogP contribution >= 0.6 is 11.3 Å². The SMILES string of the molecule is Cc1csc([C@H](OC(=O)c2cccc3cn[nH]c23)C(F)(F)F)n1. The Morgan fingerprint density at radius 2 is 2.17 bits per heavy atom. The highest BCUT2D eigenvalue weighted by atomic mass is 32.1. The zero-order chi connectivity index (χ0) is 16.6. The third kappa shape index (κ3) is 3.04. The van der Waals surface area contributed by atoms with Gasteiger partial charge in [0.2, 0.25) is 6.10 Å². The number of ether oxygens (including phenoxy) is 1. The molecule has 2 aromatic heterocycles. The van der Waals surface area contributed by atoms with E-state index in [9.17, 15) is 18.0 Å². The molecule has 0 fully saturated rings. The molecule has 0 aliphatic heterocycles. The van der Waals surface area contributed by atoms with E-state index in [1.807, 2.05) is 0 Å². The number of esters is 1. The summed E-state index contributed by atoms with van der Waals surface area (Å²) in [7, 11) is 0. The van der Waals surface area contributed by atoms with Crippen molar-refractivity contribution in [3.63, 3.8) is 0 Å². The summed E-state index contributed by atoms with van der Waals surface area (Å²) < 4.78 is 44.4. The summed E-state index contributed by atoms with van der Waals surface area (Å²) in [5.74, 6) is -1.09. The maximum Gasteiger partial charge on any atom is 0.432 e. The van der Waals surface area contributed by atoms with Gasteiger partial charge in [-0.3, -0.25) is 5.10 Å². The molecule has 0 amide bonds. The minimum Gasteiger partial charge on any atom is -0.441 e. The summed E-state index contributed by atoms with van der Waals surface area (Å²) in [5.41, 5.74) is 0.752. The number of para-hydroxylation sites is 1. The summed E-state index contributed by atoms with van der Waals surface area (Å²) in [6, 6.07) is 4.61. The highest BCUT2D eigenvalue weighted by molar-refractivity contribution is 7.09. The number of H-pyrrole nitrogens is 1. The largest absolute Gasteiger partial charge is 0.441 e. The number of nitrogens with one attached hydrogen (secondary N) is 1. The molecule has 0 aliphatic carbocycles. The van der Waals surface area contributed by atoms with E-state index in [1.54, 1.807) is 19.1 Å². The van der Waals surface area contributed by atoms with Gasteiger partial charge in [-0.15, -0.1) is 11.3 Å². The van der Waals surface area contributed by atoms with Crippen LogP contribution < -0.4 is 0 Å². The van der Waals surface area contributed by atoms with Crippen molar-refractivity contribution in [2.75, 3.05) is 0 Å². The van der Waals surface area contributed by atoms with Crippen molar-refractivity contribution in [3.05, 3.63) is 46.0 Å². The van der Waals surface area contributed by atoms with E-state index >= 15 is 0 Å².